The molecule has 2 atom stereocenters. The summed E-state index contributed by atoms with van der Waals surface area (Å²) < 4.78 is 16.9. The van der Waals surface area contributed by atoms with Gasteiger partial charge >= 0.3 is 30.0 Å². The average Bonchev–Trinajstić information content (AvgIpc) is 2.95. The highest BCUT2D eigenvalue weighted by Gasteiger charge is 2.58. The van der Waals surface area contributed by atoms with E-state index in [0.717, 1.165) is 24.1 Å². The Morgan fingerprint density at radius 2 is 1.28 bits per heavy atom. The third-order valence-corrected chi connectivity index (χ3v) is 7.06. The molecule has 1 fully saturated rings. The molecule has 2 aromatic carbocycles. The smallest absolute Gasteiger partial charge is 0.405 e. The number of nitrogens with two attached hydrogens (primary N) is 1. The van der Waals surface area contributed by atoms with Gasteiger partial charge in [0.25, 0.3) is 5.91 Å². The molecule has 4 N–H and O–H groups in total. The molecule has 1 aliphatic heterocycles. The highest BCUT2D eigenvalue weighted by atomic mass is 16.6. The number of esters is 3. The molecule has 0 radical (unpaired) electrons. The summed E-state index contributed by atoms with van der Waals surface area (Å²) in [6.07, 6.45) is -3.59. The van der Waals surface area contributed by atoms with Gasteiger partial charge in [0.15, 0.2) is 17.0 Å². The van der Waals surface area contributed by atoms with Crippen LogP contribution in [0.25, 0.3) is 0 Å². The van der Waals surface area contributed by atoms with Gasteiger partial charge in [0.1, 0.15) is 6.17 Å². The van der Waals surface area contributed by atoms with E-state index in [1.165, 1.54) is 0 Å². The van der Waals surface area contributed by atoms with Gasteiger partial charge in [-0.25, -0.2) is 9.59 Å². The summed E-state index contributed by atoms with van der Waals surface area (Å²) in [5.41, 5.74) is 4.18. The van der Waals surface area contributed by atoms with E-state index >= 15 is 0 Å². The van der Waals surface area contributed by atoms with Gasteiger partial charge in [-0.1, -0.05) is 59.7 Å². The van der Waals surface area contributed by atoms with Gasteiger partial charge in [0.2, 0.25) is 5.75 Å². The first-order valence-electron chi connectivity index (χ1n) is 15.2. The Hall–Kier alpha value is -4.98. The van der Waals surface area contributed by atoms with Gasteiger partial charge in [0.05, 0.1) is 0 Å². The van der Waals surface area contributed by atoms with E-state index in [2.05, 4.69) is 5.32 Å². The number of carbonyl (C=O) groups is 6. The van der Waals surface area contributed by atoms with E-state index in [1.54, 1.807) is 71.9 Å². The molecule has 254 valence electrons. The molecular weight excluding hydrogens is 612 g/mol. The molecule has 0 saturated carbocycles. The van der Waals surface area contributed by atoms with Gasteiger partial charge in [-0.3, -0.25) is 29.0 Å². The molecule has 2 unspecified atom stereocenters. The Labute approximate surface area is 273 Å². The van der Waals surface area contributed by atoms with Gasteiger partial charge in [-0.05, 0) is 47.6 Å². The van der Waals surface area contributed by atoms with Crippen LogP contribution in [-0.4, -0.2) is 59.2 Å². The number of imide groups is 1. The molecule has 1 saturated heterocycles. The lowest BCUT2D eigenvalue weighted by Gasteiger charge is -2.49. The Morgan fingerprint density at radius 1 is 0.830 bits per heavy atom. The van der Waals surface area contributed by atoms with Crippen molar-refractivity contribution in [1.29, 1.82) is 0 Å². The average molecular weight is 655 g/mol. The number of rotatable bonds is 12. The predicted molar refractivity (Wildman–Crippen MR) is 170 cm³/mol. The quantitative estimate of drug-likeness (QED) is 0.217. The first-order valence-corrected chi connectivity index (χ1v) is 15.2. The highest BCUT2D eigenvalue weighted by Crippen LogP contribution is 2.45. The molecule has 1 aliphatic rings. The van der Waals surface area contributed by atoms with Crippen molar-refractivity contribution in [2.24, 2.45) is 23.5 Å². The summed E-state index contributed by atoms with van der Waals surface area (Å²) in [5, 5.41) is 12.2. The second-order valence-corrected chi connectivity index (χ2v) is 12.6. The Bertz CT molecular complexity index is 1480. The van der Waals surface area contributed by atoms with E-state index < -0.39 is 64.9 Å². The normalized spacial score (nSPS) is 18.1. The molecule has 3 rings (SSSR count). The first-order chi connectivity index (χ1) is 22.0. The standard InChI is InChI=1S/C33H42N4O10/c1-18(2)13-25(38)45-23-16-21(17-24(46-26(39)14-19(3)4)28(23)47-27(40)15-20(5)6)33(35-31(42)43)29(34)37(22-11-9-8-10-12-22)32(44)36(7)30(33)41/h8-12,16-20,29,35H,13-15,34H2,1-7H3,(H,42,43). The van der Waals surface area contributed by atoms with Crippen LogP contribution in [0.15, 0.2) is 42.5 Å². The zero-order chi connectivity index (χ0) is 35.2. The summed E-state index contributed by atoms with van der Waals surface area (Å²) in [5.74, 6) is -5.04. The van der Waals surface area contributed by atoms with Crippen molar-refractivity contribution < 1.29 is 48.1 Å². The van der Waals surface area contributed by atoms with Crippen molar-refractivity contribution >= 4 is 41.6 Å². The summed E-state index contributed by atoms with van der Waals surface area (Å²) >= 11 is 0. The fraction of sp³-hybridized carbons (Fsp3) is 0.455. The van der Waals surface area contributed by atoms with Crippen molar-refractivity contribution in [3.8, 4) is 17.2 Å². The number of para-hydroxylation sites is 1. The Morgan fingerprint density at radius 3 is 1.70 bits per heavy atom. The number of hydrogen-bond acceptors (Lipinski definition) is 10. The number of carbonyl (C=O) groups excluding carboxylic acids is 5. The van der Waals surface area contributed by atoms with Crippen molar-refractivity contribution in [2.45, 2.75) is 72.5 Å². The van der Waals surface area contributed by atoms with Crippen LogP contribution in [0, 0.1) is 17.8 Å². The number of nitrogens with one attached hydrogen (secondary N) is 1. The molecule has 1 heterocycles. The van der Waals surface area contributed by atoms with Crippen molar-refractivity contribution in [3.05, 3.63) is 48.0 Å². The molecule has 0 bridgehead atoms. The summed E-state index contributed by atoms with van der Waals surface area (Å²) in [4.78, 5) is 80.5. The fourth-order valence-electron chi connectivity index (χ4n) is 5.01. The maximum atomic E-state index is 14.1. The van der Waals surface area contributed by atoms with E-state index in [0.29, 0.717) is 4.90 Å². The number of urea groups is 1. The first kappa shape index (κ1) is 36.5. The summed E-state index contributed by atoms with van der Waals surface area (Å²) in [6.45, 7) is 10.7. The fourth-order valence-corrected chi connectivity index (χ4v) is 5.01. The van der Waals surface area contributed by atoms with E-state index in [9.17, 15) is 33.9 Å². The molecule has 47 heavy (non-hydrogen) atoms. The molecular formula is C33H42N4O10. The topological polar surface area (TPSA) is 195 Å². The van der Waals surface area contributed by atoms with Crippen molar-refractivity contribution in [1.82, 2.24) is 10.2 Å². The number of benzene rings is 2. The lowest BCUT2D eigenvalue weighted by Crippen LogP contribution is -2.76. The molecule has 0 spiro atoms. The molecule has 0 aromatic heterocycles. The van der Waals surface area contributed by atoms with Gasteiger partial charge in [0, 0.05) is 32.0 Å². The van der Waals surface area contributed by atoms with Crippen LogP contribution in [-0.2, 0) is 24.7 Å². The van der Waals surface area contributed by atoms with Crippen LogP contribution in [0.3, 0.4) is 0 Å². The van der Waals surface area contributed by atoms with Crippen LogP contribution in [0.4, 0.5) is 15.3 Å². The Balaban J connectivity index is 2.40. The second kappa shape index (κ2) is 15.1. The number of ether oxygens (including phenoxy) is 3. The minimum atomic E-state index is -2.46. The number of amides is 4. The lowest BCUT2D eigenvalue weighted by molar-refractivity contribution is -0.139. The zero-order valence-corrected chi connectivity index (χ0v) is 27.6. The van der Waals surface area contributed by atoms with Gasteiger partial charge < -0.3 is 30.4 Å². The monoisotopic (exact) mass is 654 g/mol. The second-order valence-electron chi connectivity index (χ2n) is 12.6. The number of anilines is 1. The number of likely N-dealkylation sites (N-methyl/N-ethyl adjacent to an activating group) is 1. The van der Waals surface area contributed by atoms with Crippen LogP contribution < -0.4 is 30.2 Å². The van der Waals surface area contributed by atoms with Crippen LogP contribution >= 0.6 is 0 Å². The van der Waals surface area contributed by atoms with E-state index in [-0.39, 0.29) is 48.3 Å². The summed E-state index contributed by atoms with van der Waals surface area (Å²) in [6, 6.07) is 9.39. The minimum Gasteiger partial charge on any atom is -0.465 e. The van der Waals surface area contributed by atoms with Crippen molar-refractivity contribution in [3.63, 3.8) is 0 Å². The highest BCUT2D eigenvalue weighted by molar-refractivity contribution is 6.11. The van der Waals surface area contributed by atoms with Gasteiger partial charge in [-0.2, -0.15) is 0 Å². The van der Waals surface area contributed by atoms with Gasteiger partial charge in [-0.15, -0.1) is 0 Å². The number of carboxylic acid groups (broad SMARTS) is 1. The molecule has 0 aliphatic carbocycles. The SMILES string of the molecule is CC(C)CC(=O)Oc1cc(C2(NC(=O)O)C(=O)N(C)C(=O)N(c3ccccc3)C2N)cc(OC(=O)CC(C)C)c1OC(=O)CC(C)C. The van der Waals surface area contributed by atoms with E-state index in [4.69, 9.17) is 19.9 Å². The van der Waals surface area contributed by atoms with E-state index in [1.807, 2.05) is 0 Å². The van der Waals surface area contributed by atoms with Crippen LogP contribution in [0.2, 0.25) is 0 Å². The number of hydrogen-bond donors (Lipinski definition) is 3. The summed E-state index contributed by atoms with van der Waals surface area (Å²) in [7, 11) is 1.15. The lowest BCUT2D eigenvalue weighted by atomic mass is 9.82. The molecule has 4 amide bonds. The zero-order valence-electron chi connectivity index (χ0n) is 27.6. The maximum Gasteiger partial charge on any atom is 0.405 e. The molecule has 14 nitrogen and oxygen atoms in total. The van der Waals surface area contributed by atoms with Crippen molar-refractivity contribution in [2.75, 3.05) is 11.9 Å². The molecule has 2 aromatic rings. The largest absolute Gasteiger partial charge is 0.465 e. The third-order valence-electron chi connectivity index (χ3n) is 7.06. The Kier molecular flexibility index (Phi) is 11.7. The minimum absolute atomic E-state index is 0.0483. The molecule has 14 heteroatoms. The number of nitrogens with zero attached hydrogens (tertiary/aromatic N) is 2. The predicted octanol–water partition coefficient (Wildman–Crippen LogP) is 4.39. The third kappa shape index (κ3) is 8.44. The maximum absolute atomic E-state index is 14.1. The van der Waals surface area contributed by atoms with Crippen LogP contribution in [0.1, 0.15) is 66.4 Å². The van der Waals surface area contributed by atoms with Crippen LogP contribution in [0.5, 0.6) is 17.2 Å².